The lowest BCUT2D eigenvalue weighted by Gasteiger charge is -2.05. The first-order valence-electron chi connectivity index (χ1n) is 5.59. The molecule has 1 unspecified atom stereocenters. The molecule has 0 spiro atoms. The lowest BCUT2D eigenvalue weighted by Crippen LogP contribution is -2.13. The summed E-state index contributed by atoms with van der Waals surface area (Å²) in [5.41, 5.74) is 8.55. The van der Waals surface area contributed by atoms with Gasteiger partial charge in [0.25, 0.3) is 0 Å². The Morgan fingerprint density at radius 2 is 2.11 bits per heavy atom. The molecule has 0 bridgehead atoms. The highest BCUT2D eigenvalue weighted by molar-refractivity contribution is 6.05. The number of nitrogens with one attached hydrogen (secondary N) is 3. The molecule has 0 saturated heterocycles. The van der Waals surface area contributed by atoms with E-state index in [0.29, 0.717) is 5.56 Å². The highest BCUT2D eigenvalue weighted by atomic mass is 16.2. The molecule has 0 aliphatic carbocycles. The zero-order chi connectivity index (χ0) is 12.7. The number of aromatic nitrogens is 1. The fourth-order valence-electron chi connectivity index (χ4n) is 2.25. The van der Waals surface area contributed by atoms with Crippen LogP contribution in [-0.2, 0) is 4.79 Å². The third-order valence-electron chi connectivity index (χ3n) is 3.12. The number of rotatable bonds is 2. The van der Waals surface area contributed by atoms with Gasteiger partial charge in [-0.1, -0.05) is 18.2 Å². The van der Waals surface area contributed by atoms with Gasteiger partial charge in [0, 0.05) is 23.1 Å². The van der Waals surface area contributed by atoms with Gasteiger partial charge in [0.05, 0.1) is 0 Å². The third-order valence-corrected chi connectivity index (χ3v) is 3.12. The summed E-state index contributed by atoms with van der Waals surface area (Å²) in [6, 6.07) is 9.33. The van der Waals surface area contributed by atoms with Gasteiger partial charge in [-0.05, 0) is 17.7 Å². The monoisotopic (exact) mass is 240 g/mol. The van der Waals surface area contributed by atoms with E-state index in [1.165, 1.54) is 0 Å². The molecule has 1 atom stereocenters. The van der Waals surface area contributed by atoms with Crippen LogP contribution in [0.2, 0.25) is 0 Å². The van der Waals surface area contributed by atoms with E-state index in [4.69, 9.17) is 11.1 Å². The van der Waals surface area contributed by atoms with Crippen LogP contribution < -0.4 is 11.1 Å². The van der Waals surface area contributed by atoms with Gasteiger partial charge < -0.3 is 16.0 Å². The number of nitrogens with two attached hydrogens (primary N) is 1. The highest BCUT2D eigenvalue weighted by Crippen LogP contribution is 2.36. The second kappa shape index (κ2) is 3.73. The quantitative estimate of drug-likeness (QED) is 0.471. The van der Waals surface area contributed by atoms with Gasteiger partial charge in [-0.15, -0.1) is 0 Å². The molecule has 0 fully saturated rings. The Labute approximate surface area is 104 Å². The summed E-state index contributed by atoms with van der Waals surface area (Å²) in [5.74, 6) is -0.424. The van der Waals surface area contributed by atoms with Crippen LogP contribution in [0.3, 0.4) is 0 Å². The highest BCUT2D eigenvalue weighted by Gasteiger charge is 2.32. The van der Waals surface area contributed by atoms with Crippen LogP contribution in [0.1, 0.15) is 22.7 Å². The number of nitrogen functional groups attached to an aromatic ring is 1. The smallest absolute Gasteiger partial charge is 0.237 e. The molecule has 1 aromatic heterocycles. The maximum atomic E-state index is 12.0. The number of anilines is 1. The number of carbonyl (C=O) groups is 1. The van der Waals surface area contributed by atoms with Gasteiger partial charge in [0.2, 0.25) is 5.91 Å². The van der Waals surface area contributed by atoms with Crippen LogP contribution in [0.25, 0.3) is 0 Å². The van der Waals surface area contributed by atoms with Gasteiger partial charge in [-0.2, -0.15) is 0 Å². The van der Waals surface area contributed by atoms with Crippen LogP contribution in [0.5, 0.6) is 0 Å². The zero-order valence-corrected chi connectivity index (χ0v) is 9.53. The molecule has 90 valence electrons. The predicted octanol–water partition coefficient (Wildman–Crippen LogP) is 1.38. The molecule has 1 aliphatic rings. The van der Waals surface area contributed by atoms with Crippen molar-refractivity contribution in [1.29, 1.82) is 5.41 Å². The molecular formula is C13H12N4O. The molecular weight excluding hydrogens is 228 g/mol. The van der Waals surface area contributed by atoms with Gasteiger partial charge in [0.1, 0.15) is 11.8 Å². The summed E-state index contributed by atoms with van der Waals surface area (Å²) in [6.07, 6.45) is 1.64. The lowest BCUT2D eigenvalue weighted by atomic mass is 9.97. The van der Waals surface area contributed by atoms with E-state index in [1.807, 2.05) is 24.3 Å². The maximum absolute atomic E-state index is 12.0. The molecule has 2 heterocycles. The Bertz CT molecular complexity index is 644. The molecule has 5 heteroatoms. The van der Waals surface area contributed by atoms with Crippen LogP contribution >= 0.6 is 0 Å². The van der Waals surface area contributed by atoms with E-state index in [9.17, 15) is 4.79 Å². The normalized spacial score (nSPS) is 17.3. The van der Waals surface area contributed by atoms with Crippen molar-refractivity contribution in [3.05, 3.63) is 53.3 Å². The summed E-state index contributed by atoms with van der Waals surface area (Å²) >= 11 is 0. The number of para-hydroxylation sites is 1. The summed E-state index contributed by atoms with van der Waals surface area (Å²) in [4.78, 5) is 15.0. The first-order valence-corrected chi connectivity index (χ1v) is 5.59. The first kappa shape index (κ1) is 10.6. The van der Waals surface area contributed by atoms with Gasteiger partial charge >= 0.3 is 0 Å². The number of hydrogen-bond acceptors (Lipinski definition) is 2. The summed E-state index contributed by atoms with van der Waals surface area (Å²) in [7, 11) is 0. The minimum absolute atomic E-state index is 0.0100. The van der Waals surface area contributed by atoms with Crippen LogP contribution in [0.4, 0.5) is 5.69 Å². The fraction of sp³-hybridized carbons (Fsp3) is 0.0769. The Hall–Kier alpha value is -2.56. The van der Waals surface area contributed by atoms with E-state index in [1.54, 1.807) is 12.3 Å². The molecule has 0 radical (unpaired) electrons. The van der Waals surface area contributed by atoms with E-state index in [-0.39, 0.29) is 17.7 Å². The molecule has 1 aromatic carbocycles. The fourth-order valence-corrected chi connectivity index (χ4v) is 2.25. The van der Waals surface area contributed by atoms with Crippen molar-refractivity contribution in [3.63, 3.8) is 0 Å². The van der Waals surface area contributed by atoms with E-state index < -0.39 is 0 Å². The molecule has 1 amide bonds. The van der Waals surface area contributed by atoms with Crippen molar-refractivity contribution in [1.82, 2.24) is 4.98 Å². The lowest BCUT2D eigenvalue weighted by molar-refractivity contribution is -0.116. The molecule has 5 nitrogen and oxygen atoms in total. The number of hydrogen-bond donors (Lipinski definition) is 4. The van der Waals surface area contributed by atoms with Crippen LogP contribution in [0.15, 0.2) is 36.5 Å². The van der Waals surface area contributed by atoms with Crippen molar-refractivity contribution < 1.29 is 4.79 Å². The summed E-state index contributed by atoms with van der Waals surface area (Å²) < 4.78 is 0. The number of carbonyl (C=O) groups excluding carboxylic acids is 1. The molecule has 2 aromatic rings. The molecule has 0 saturated carbocycles. The minimum Gasteiger partial charge on any atom is -0.384 e. The Balaban J connectivity index is 2.06. The Morgan fingerprint density at radius 3 is 2.83 bits per heavy atom. The van der Waals surface area contributed by atoms with E-state index in [0.717, 1.165) is 16.9 Å². The van der Waals surface area contributed by atoms with Crippen molar-refractivity contribution in [2.45, 2.75) is 5.92 Å². The molecule has 3 rings (SSSR count). The first-order chi connectivity index (χ1) is 8.66. The number of amides is 1. The second-order valence-electron chi connectivity index (χ2n) is 4.27. The van der Waals surface area contributed by atoms with Crippen molar-refractivity contribution in [3.8, 4) is 0 Å². The minimum atomic E-state index is -0.353. The van der Waals surface area contributed by atoms with Crippen LogP contribution in [0, 0.1) is 5.41 Å². The summed E-state index contributed by atoms with van der Waals surface area (Å²) in [5, 5.41) is 10.2. The number of amidine groups is 1. The van der Waals surface area contributed by atoms with Crippen molar-refractivity contribution in [2.24, 2.45) is 5.73 Å². The zero-order valence-electron chi connectivity index (χ0n) is 9.53. The Morgan fingerprint density at radius 1 is 1.33 bits per heavy atom. The van der Waals surface area contributed by atoms with Gasteiger partial charge in [-0.25, -0.2) is 0 Å². The predicted molar refractivity (Wildman–Crippen MR) is 68.7 cm³/mol. The Kier molecular flexibility index (Phi) is 2.19. The number of aromatic amines is 1. The van der Waals surface area contributed by atoms with Gasteiger partial charge in [0.15, 0.2) is 0 Å². The average molecular weight is 240 g/mol. The number of benzene rings is 1. The topological polar surface area (TPSA) is 94.8 Å². The van der Waals surface area contributed by atoms with Crippen LogP contribution in [-0.4, -0.2) is 16.7 Å². The number of H-pyrrole nitrogens is 1. The average Bonchev–Trinajstić information content (AvgIpc) is 2.91. The van der Waals surface area contributed by atoms with E-state index in [2.05, 4.69) is 10.3 Å². The second-order valence-corrected chi connectivity index (χ2v) is 4.27. The van der Waals surface area contributed by atoms with Gasteiger partial charge in [-0.3, -0.25) is 10.2 Å². The maximum Gasteiger partial charge on any atom is 0.237 e. The summed E-state index contributed by atoms with van der Waals surface area (Å²) in [6.45, 7) is 0. The standard InChI is InChI=1S/C13H12N4O/c14-12(15)7-5-10(16-6-7)11-8-3-1-2-4-9(8)17-13(11)18/h1-6,11,16H,(H3,14,15)(H,17,18). The SMILES string of the molecule is N=C(N)c1c[nH]c(C2C(=O)Nc3ccccc32)c1. The third kappa shape index (κ3) is 1.48. The largest absolute Gasteiger partial charge is 0.384 e. The molecule has 5 N–H and O–H groups in total. The molecule has 18 heavy (non-hydrogen) atoms. The van der Waals surface area contributed by atoms with Crippen molar-refractivity contribution in [2.75, 3.05) is 5.32 Å². The van der Waals surface area contributed by atoms with Crippen molar-refractivity contribution >= 4 is 17.4 Å². The number of fused-ring (bicyclic) bond motifs is 1. The van der Waals surface area contributed by atoms with E-state index >= 15 is 0 Å². The molecule has 1 aliphatic heterocycles.